The highest BCUT2D eigenvalue weighted by atomic mass is 28.4. The zero-order valence-electron chi connectivity index (χ0n) is 19.8. The Kier molecular flexibility index (Phi) is 7.43. The first kappa shape index (κ1) is 24.7. The van der Waals surface area contributed by atoms with Crippen LogP contribution in [0.1, 0.15) is 24.5 Å². The number of hydrogen-bond donors (Lipinski definition) is 1. The molecule has 0 aliphatic carbocycles. The fraction of sp³-hybridized carbons (Fsp3) is 0.458. The topological polar surface area (TPSA) is 94.2 Å². The van der Waals surface area contributed by atoms with Crippen molar-refractivity contribution in [3.63, 3.8) is 0 Å². The molecule has 2 heterocycles. The first-order chi connectivity index (χ1) is 15.6. The molecule has 2 aliphatic rings. The van der Waals surface area contributed by atoms with Gasteiger partial charge in [0.25, 0.3) is 0 Å². The maximum absolute atomic E-state index is 13.1. The second kappa shape index (κ2) is 9.92. The monoisotopic (exact) mass is 472 g/mol. The maximum Gasteiger partial charge on any atom is 0.407 e. The quantitative estimate of drug-likeness (QED) is 0.256. The van der Waals surface area contributed by atoms with Crippen LogP contribution in [0.2, 0.25) is 19.6 Å². The van der Waals surface area contributed by atoms with Crippen molar-refractivity contribution in [3.05, 3.63) is 53.7 Å². The third kappa shape index (κ3) is 5.36. The Morgan fingerprint density at radius 1 is 1.27 bits per heavy atom. The van der Waals surface area contributed by atoms with Gasteiger partial charge in [-0.3, -0.25) is 4.79 Å². The van der Waals surface area contributed by atoms with Crippen LogP contribution in [0.5, 0.6) is 0 Å². The summed E-state index contributed by atoms with van der Waals surface area (Å²) in [6.07, 6.45) is 1.32. The van der Waals surface area contributed by atoms with Gasteiger partial charge in [-0.2, -0.15) is 0 Å². The first-order valence-corrected chi connectivity index (χ1v) is 14.4. The maximum atomic E-state index is 13.1. The van der Waals surface area contributed by atoms with Gasteiger partial charge in [-0.25, -0.2) is 9.59 Å². The molecule has 0 saturated carbocycles. The van der Waals surface area contributed by atoms with Gasteiger partial charge in [0, 0.05) is 6.54 Å². The van der Waals surface area contributed by atoms with Crippen molar-refractivity contribution in [1.82, 2.24) is 10.2 Å². The van der Waals surface area contributed by atoms with Crippen molar-refractivity contribution < 1.29 is 28.3 Å². The largest absolute Gasteiger partial charge is 0.457 e. The van der Waals surface area contributed by atoms with E-state index >= 15 is 0 Å². The number of rotatable bonds is 9. The minimum atomic E-state index is -1.83. The average molecular weight is 473 g/mol. The van der Waals surface area contributed by atoms with Crippen LogP contribution in [0.25, 0.3) is 5.57 Å². The third-order valence-electron chi connectivity index (χ3n) is 5.70. The number of amides is 2. The number of carbonyl (C=O) groups is 3. The van der Waals surface area contributed by atoms with Crippen LogP contribution in [0.4, 0.5) is 4.79 Å². The van der Waals surface area contributed by atoms with Gasteiger partial charge < -0.3 is 24.1 Å². The molecule has 178 valence electrons. The smallest absolute Gasteiger partial charge is 0.407 e. The number of hydrogen-bond acceptors (Lipinski definition) is 6. The number of methoxy groups -OCH3 is 1. The number of β-lactam (4-membered cyclic amide) rings is 1. The number of fused-ring (bicyclic) bond motifs is 1. The molecule has 1 fully saturated rings. The zero-order valence-corrected chi connectivity index (χ0v) is 20.8. The summed E-state index contributed by atoms with van der Waals surface area (Å²) in [7, 11) is -0.516. The van der Waals surface area contributed by atoms with Gasteiger partial charge in [-0.05, 0) is 49.7 Å². The van der Waals surface area contributed by atoms with E-state index in [0.29, 0.717) is 18.7 Å². The van der Waals surface area contributed by atoms with Crippen LogP contribution >= 0.6 is 0 Å². The fourth-order valence-corrected chi connectivity index (χ4v) is 5.67. The molecule has 33 heavy (non-hydrogen) atoms. The van der Waals surface area contributed by atoms with E-state index in [1.165, 1.54) is 13.2 Å². The number of carbonyl (C=O) groups excluding carboxylic acids is 3. The lowest BCUT2D eigenvalue weighted by atomic mass is 9.82. The average Bonchev–Trinajstić information content (AvgIpc) is 3.10. The van der Waals surface area contributed by atoms with Crippen molar-refractivity contribution in [1.29, 1.82) is 0 Å². The summed E-state index contributed by atoms with van der Waals surface area (Å²) in [6.45, 7) is 12.2. The Bertz CT molecular complexity index is 966. The second-order valence-corrected chi connectivity index (χ2v) is 13.7. The van der Waals surface area contributed by atoms with Gasteiger partial charge in [0.1, 0.15) is 12.3 Å². The summed E-state index contributed by atoms with van der Waals surface area (Å²) in [5.74, 6) is -0.931. The van der Waals surface area contributed by atoms with E-state index in [2.05, 4.69) is 36.3 Å². The van der Waals surface area contributed by atoms with E-state index < -0.39 is 20.4 Å². The van der Waals surface area contributed by atoms with Crippen LogP contribution in [-0.4, -0.2) is 57.0 Å². The summed E-state index contributed by atoms with van der Waals surface area (Å²) in [6, 6.07) is 7.38. The number of esters is 1. The lowest BCUT2D eigenvalue weighted by molar-refractivity contribution is -0.161. The van der Waals surface area contributed by atoms with E-state index in [0.717, 1.165) is 16.7 Å². The molecule has 1 aromatic rings. The second-order valence-electron chi connectivity index (χ2n) is 9.20. The SMILES string of the molecule is C=CCOC(=O)C1=C(c2ccc(CNC(=O)OC)cc2)C[C@@H]2[C@@H]([C@@H](C)O[Si](C)(C)C)C(=O)N12. The van der Waals surface area contributed by atoms with E-state index in [4.69, 9.17) is 9.16 Å². The number of ether oxygens (including phenoxy) is 2. The van der Waals surface area contributed by atoms with E-state index in [1.54, 1.807) is 4.90 Å². The van der Waals surface area contributed by atoms with Crippen LogP contribution < -0.4 is 5.32 Å². The molecule has 3 rings (SSSR count). The predicted octanol–water partition coefficient (Wildman–Crippen LogP) is 3.45. The lowest BCUT2D eigenvalue weighted by Crippen LogP contribution is -2.63. The molecule has 1 aromatic carbocycles. The summed E-state index contributed by atoms with van der Waals surface area (Å²) in [5.41, 5.74) is 2.79. The van der Waals surface area contributed by atoms with Crippen LogP contribution in [-0.2, 0) is 30.0 Å². The molecule has 0 aromatic heterocycles. The molecule has 1 saturated heterocycles. The number of nitrogens with zero attached hydrogens (tertiary/aromatic N) is 1. The Morgan fingerprint density at radius 3 is 2.52 bits per heavy atom. The molecule has 3 atom stereocenters. The number of benzene rings is 1. The highest BCUT2D eigenvalue weighted by Crippen LogP contribution is 2.48. The molecule has 2 aliphatic heterocycles. The van der Waals surface area contributed by atoms with Crippen LogP contribution in [0, 0.1) is 5.92 Å². The molecular weight excluding hydrogens is 440 g/mol. The molecule has 9 heteroatoms. The zero-order chi connectivity index (χ0) is 24.3. The molecule has 2 amide bonds. The van der Waals surface area contributed by atoms with Crippen LogP contribution in [0.3, 0.4) is 0 Å². The molecular formula is C24H32N2O6Si. The van der Waals surface area contributed by atoms with Crippen LogP contribution in [0.15, 0.2) is 42.6 Å². The van der Waals surface area contributed by atoms with E-state index in [-0.39, 0.29) is 30.6 Å². The molecule has 1 N–H and O–H groups in total. The van der Waals surface area contributed by atoms with Gasteiger partial charge in [0.2, 0.25) is 5.91 Å². The van der Waals surface area contributed by atoms with Gasteiger partial charge >= 0.3 is 12.1 Å². The lowest BCUT2D eigenvalue weighted by Gasteiger charge is -2.47. The Balaban J connectivity index is 1.86. The first-order valence-electron chi connectivity index (χ1n) is 11.0. The van der Waals surface area contributed by atoms with E-state index in [1.807, 2.05) is 31.2 Å². The highest BCUT2D eigenvalue weighted by molar-refractivity contribution is 6.69. The standard InChI is InChI=1S/C24H32N2O6Si/c1-7-12-31-23(28)21-18(17-10-8-16(9-11-17)14-25-24(29)30-3)13-19-20(22(27)26(19)21)15(2)32-33(4,5)6/h7-11,15,19-20H,1,12-14H2,2-6H3,(H,25,29)/t15-,19-,20-/m1/s1. The van der Waals surface area contributed by atoms with Crippen molar-refractivity contribution in [2.24, 2.45) is 5.92 Å². The van der Waals surface area contributed by atoms with Gasteiger partial charge in [-0.1, -0.05) is 36.9 Å². The van der Waals surface area contributed by atoms with Crippen molar-refractivity contribution in [3.8, 4) is 0 Å². The van der Waals surface area contributed by atoms with Crippen molar-refractivity contribution >= 4 is 31.9 Å². The molecule has 0 bridgehead atoms. The van der Waals surface area contributed by atoms with Gasteiger partial charge in [0.15, 0.2) is 8.32 Å². The summed E-state index contributed by atoms with van der Waals surface area (Å²) in [5, 5.41) is 2.63. The fourth-order valence-electron chi connectivity index (χ4n) is 4.41. The summed E-state index contributed by atoms with van der Waals surface area (Å²) >= 11 is 0. The Hall–Kier alpha value is -2.91. The molecule has 0 radical (unpaired) electrons. The number of nitrogens with one attached hydrogen (secondary N) is 1. The van der Waals surface area contributed by atoms with E-state index in [9.17, 15) is 14.4 Å². The Morgan fingerprint density at radius 2 is 1.94 bits per heavy atom. The minimum Gasteiger partial charge on any atom is -0.457 e. The van der Waals surface area contributed by atoms with Gasteiger partial charge in [-0.15, -0.1) is 0 Å². The summed E-state index contributed by atoms with van der Waals surface area (Å²) < 4.78 is 16.1. The third-order valence-corrected chi connectivity index (χ3v) is 6.78. The molecule has 0 spiro atoms. The normalized spacial score (nSPS) is 20.6. The summed E-state index contributed by atoms with van der Waals surface area (Å²) in [4.78, 5) is 38.9. The molecule has 8 nitrogen and oxygen atoms in total. The number of alkyl carbamates (subject to hydrolysis) is 1. The van der Waals surface area contributed by atoms with Crippen molar-refractivity contribution in [2.75, 3.05) is 13.7 Å². The highest BCUT2D eigenvalue weighted by Gasteiger charge is 2.57. The predicted molar refractivity (Wildman–Crippen MR) is 126 cm³/mol. The van der Waals surface area contributed by atoms with Gasteiger partial charge in [0.05, 0.1) is 25.2 Å². The Labute approximate surface area is 195 Å². The minimum absolute atomic E-state index is 0.0685. The van der Waals surface area contributed by atoms with Crippen molar-refractivity contribution in [2.45, 2.75) is 51.7 Å². The molecule has 0 unspecified atom stereocenters.